The Kier molecular flexibility index (Phi) is 6.35. The maximum Gasteiger partial charge on any atom is 0.0148 e. The van der Waals surface area contributed by atoms with Gasteiger partial charge in [0.05, 0.1) is 0 Å². The Morgan fingerprint density at radius 3 is 2.29 bits per heavy atom. The molecule has 0 amide bonds. The first-order valence-electron chi connectivity index (χ1n) is 12.9. The lowest BCUT2D eigenvalue weighted by atomic mass is 9.44. The van der Waals surface area contributed by atoms with E-state index >= 15 is 0 Å². The van der Waals surface area contributed by atoms with Crippen LogP contribution in [-0.2, 0) is 0 Å². The van der Waals surface area contributed by atoms with Crippen LogP contribution in [0.25, 0.3) is 0 Å². The monoisotopic (exact) mass is 450 g/mol. The van der Waals surface area contributed by atoms with Crippen molar-refractivity contribution in [2.75, 3.05) is 0 Å². The third kappa shape index (κ3) is 3.67. The molecule has 0 radical (unpaired) electrons. The van der Waals surface area contributed by atoms with Crippen LogP contribution < -0.4 is 0 Å². The summed E-state index contributed by atoms with van der Waals surface area (Å²) in [5.41, 5.74) is 1.32. The van der Waals surface area contributed by atoms with Crippen molar-refractivity contribution in [2.45, 2.75) is 116 Å². The molecule has 0 heterocycles. The predicted octanol–water partition coefficient (Wildman–Crippen LogP) is 8.87. The molecule has 0 saturated heterocycles. The lowest BCUT2D eigenvalue weighted by Gasteiger charge is -2.61. The molecular weight excluding hydrogens is 404 g/mol. The fourth-order valence-corrected chi connectivity index (χ4v) is 9.91. The van der Waals surface area contributed by atoms with Gasteiger partial charge < -0.3 is 0 Å². The summed E-state index contributed by atoms with van der Waals surface area (Å²) in [5, 5.41) is 0. The predicted molar refractivity (Wildman–Crippen MR) is 126 cm³/mol. The Hall–Kier alpha value is 0.480. The van der Waals surface area contributed by atoms with Crippen molar-refractivity contribution in [2.24, 2.45) is 52.3 Å². The quantitative estimate of drug-likeness (QED) is 0.366. The van der Waals surface area contributed by atoms with Gasteiger partial charge in [-0.1, -0.05) is 69.8 Å². The molecule has 0 unspecified atom stereocenters. The topological polar surface area (TPSA) is 0 Å². The van der Waals surface area contributed by atoms with E-state index < -0.39 is 0 Å². The smallest absolute Gasteiger partial charge is 0.0148 e. The highest BCUT2D eigenvalue weighted by atomic mass is 79.9. The van der Waals surface area contributed by atoms with Gasteiger partial charge in [-0.25, -0.2) is 0 Å². The Balaban J connectivity index is 1.46. The molecule has 4 fully saturated rings. The maximum absolute atomic E-state index is 3.97. The van der Waals surface area contributed by atoms with E-state index in [9.17, 15) is 0 Å². The molecular formula is C27H47Br. The fourth-order valence-electron chi connectivity index (χ4n) is 9.23. The van der Waals surface area contributed by atoms with E-state index in [0.717, 1.165) is 46.3 Å². The molecule has 28 heavy (non-hydrogen) atoms. The van der Waals surface area contributed by atoms with Crippen LogP contribution in [0.2, 0.25) is 0 Å². The van der Waals surface area contributed by atoms with E-state index in [-0.39, 0.29) is 0 Å². The van der Waals surface area contributed by atoms with E-state index in [1.165, 1.54) is 57.8 Å². The number of halogens is 1. The van der Waals surface area contributed by atoms with Crippen LogP contribution >= 0.6 is 15.9 Å². The Morgan fingerprint density at radius 2 is 1.54 bits per heavy atom. The molecule has 0 aromatic carbocycles. The van der Waals surface area contributed by atoms with Crippen molar-refractivity contribution in [1.29, 1.82) is 0 Å². The minimum atomic E-state index is 0.661. The van der Waals surface area contributed by atoms with Crippen LogP contribution in [0.4, 0.5) is 0 Å². The second kappa shape index (κ2) is 8.20. The minimum Gasteiger partial charge on any atom is -0.0891 e. The van der Waals surface area contributed by atoms with Crippen molar-refractivity contribution >= 4 is 15.9 Å². The maximum atomic E-state index is 3.97. The van der Waals surface area contributed by atoms with Crippen molar-refractivity contribution < 1.29 is 0 Å². The van der Waals surface area contributed by atoms with Gasteiger partial charge >= 0.3 is 0 Å². The Labute approximate surface area is 184 Å². The summed E-state index contributed by atoms with van der Waals surface area (Å²) in [6.07, 6.45) is 18.0. The lowest BCUT2D eigenvalue weighted by Crippen LogP contribution is -2.53. The molecule has 1 heteroatoms. The van der Waals surface area contributed by atoms with Gasteiger partial charge in [-0.2, -0.15) is 0 Å². The molecule has 9 atom stereocenters. The molecule has 4 aliphatic carbocycles. The molecule has 0 spiro atoms. The van der Waals surface area contributed by atoms with Crippen LogP contribution in [0.1, 0.15) is 112 Å². The van der Waals surface area contributed by atoms with E-state index in [0.29, 0.717) is 10.8 Å². The summed E-state index contributed by atoms with van der Waals surface area (Å²) in [6, 6.07) is 0. The first kappa shape index (κ1) is 21.7. The molecule has 4 rings (SSSR count). The van der Waals surface area contributed by atoms with Gasteiger partial charge in [0.1, 0.15) is 0 Å². The average Bonchev–Trinajstić information content (AvgIpc) is 2.99. The number of hydrogen-bond donors (Lipinski definition) is 0. The van der Waals surface area contributed by atoms with Crippen LogP contribution in [0.3, 0.4) is 0 Å². The zero-order chi connectivity index (χ0) is 20.1. The third-order valence-corrected chi connectivity index (χ3v) is 11.6. The van der Waals surface area contributed by atoms with Crippen LogP contribution in [0.5, 0.6) is 0 Å². The average molecular weight is 452 g/mol. The summed E-state index contributed by atoms with van der Waals surface area (Å²) in [6.45, 7) is 12.9. The van der Waals surface area contributed by atoms with Gasteiger partial charge in [0.25, 0.3) is 0 Å². The highest BCUT2D eigenvalue weighted by Crippen LogP contribution is 2.68. The van der Waals surface area contributed by atoms with Gasteiger partial charge in [0, 0.05) is 4.83 Å². The zero-order valence-electron chi connectivity index (χ0n) is 19.5. The van der Waals surface area contributed by atoms with E-state index in [1.54, 1.807) is 19.3 Å². The highest BCUT2D eigenvalue weighted by molar-refractivity contribution is 9.09. The van der Waals surface area contributed by atoms with E-state index in [2.05, 4.69) is 50.5 Å². The van der Waals surface area contributed by atoms with Gasteiger partial charge in [-0.15, -0.1) is 0 Å². The minimum absolute atomic E-state index is 0.661. The van der Waals surface area contributed by atoms with Crippen molar-refractivity contribution in [1.82, 2.24) is 0 Å². The third-order valence-electron chi connectivity index (χ3n) is 10.8. The molecule has 0 aromatic rings. The molecule has 0 nitrogen and oxygen atoms in total. The molecule has 0 aliphatic heterocycles. The standard InChI is InChI=1S/C27H47Br/c1-18(2)7-6-8-19(3)23-11-12-24-22-10-9-20-17-21(28)13-15-26(20,4)25(22)14-16-27(23,24)5/h18-25H,6-17H2,1-5H3/t19-,20+,21-,22+,23-,24+,25+,26+,27-/m1/s1. The highest BCUT2D eigenvalue weighted by Gasteiger charge is 2.60. The number of rotatable bonds is 5. The summed E-state index contributed by atoms with van der Waals surface area (Å²) in [4.78, 5) is 0.804. The van der Waals surface area contributed by atoms with Crippen molar-refractivity contribution in [3.05, 3.63) is 0 Å². The van der Waals surface area contributed by atoms with E-state index in [4.69, 9.17) is 0 Å². The lowest BCUT2D eigenvalue weighted by molar-refractivity contribution is -0.113. The molecule has 4 aliphatic rings. The molecule has 0 aromatic heterocycles. The summed E-state index contributed by atoms with van der Waals surface area (Å²) < 4.78 is 0. The van der Waals surface area contributed by atoms with Gasteiger partial charge in [-0.3, -0.25) is 0 Å². The zero-order valence-corrected chi connectivity index (χ0v) is 21.1. The summed E-state index contributed by atoms with van der Waals surface area (Å²) >= 11 is 3.97. The molecule has 0 N–H and O–H groups in total. The summed E-state index contributed by atoms with van der Waals surface area (Å²) in [5.74, 6) is 6.97. The number of alkyl halides is 1. The SMILES string of the molecule is CC(C)CCC[C@@H](C)[C@H]1CC[C@H]2[C@@H]3CC[C@H]4C[C@H](Br)CC[C@]4(C)[C@H]3CC[C@]12C. The fraction of sp³-hybridized carbons (Fsp3) is 1.00. The van der Waals surface area contributed by atoms with Gasteiger partial charge in [0.15, 0.2) is 0 Å². The molecule has 162 valence electrons. The van der Waals surface area contributed by atoms with Crippen LogP contribution in [-0.4, -0.2) is 4.83 Å². The number of fused-ring (bicyclic) bond motifs is 5. The molecule has 0 bridgehead atoms. The molecule has 4 saturated carbocycles. The van der Waals surface area contributed by atoms with E-state index in [1.807, 2.05) is 0 Å². The number of hydrogen-bond acceptors (Lipinski definition) is 0. The Morgan fingerprint density at radius 1 is 0.821 bits per heavy atom. The Bertz CT molecular complexity index is 540. The second-order valence-corrected chi connectivity index (χ2v) is 13.9. The van der Waals surface area contributed by atoms with Crippen LogP contribution in [0.15, 0.2) is 0 Å². The first-order chi connectivity index (χ1) is 13.3. The first-order valence-corrected chi connectivity index (χ1v) is 13.8. The van der Waals surface area contributed by atoms with Crippen molar-refractivity contribution in [3.63, 3.8) is 0 Å². The summed E-state index contributed by atoms with van der Waals surface area (Å²) in [7, 11) is 0. The normalized spacial score (nSPS) is 49.4. The van der Waals surface area contributed by atoms with Gasteiger partial charge in [-0.05, 0) is 110 Å². The van der Waals surface area contributed by atoms with Crippen molar-refractivity contribution in [3.8, 4) is 0 Å². The van der Waals surface area contributed by atoms with Crippen LogP contribution in [0, 0.1) is 52.3 Å². The largest absolute Gasteiger partial charge is 0.0891 e. The second-order valence-electron chi connectivity index (χ2n) is 12.6. The van der Waals surface area contributed by atoms with Gasteiger partial charge in [0.2, 0.25) is 0 Å².